The summed E-state index contributed by atoms with van der Waals surface area (Å²) in [5, 5.41) is 6.25. The second kappa shape index (κ2) is 12.2. The lowest BCUT2D eigenvalue weighted by Crippen LogP contribution is -2.34. The van der Waals surface area contributed by atoms with Crippen molar-refractivity contribution in [2.24, 2.45) is 5.10 Å². The van der Waals surface area contributed by atoms with E-state index in [0.29, 0.717) is 20.1 Å². The van der Waals surface area contributed by atoms with E-state index >= 15 is 0 Å². The lowest BCUT2D eigenvalue weighted by atomic mass is 10.2. The number of amides is 2. The van der Waals surface area contributed by atoms with Gasteiger partial charge in [-0.1, -0.05) is 34.1 Å². The average molecular weight is 703 g/mol. The Morgan fingerprint density at radius 2 is 1.82 bits per heavy atom. The molecule has 0 radical (unpaired) electrons. The largest absolute Gasteiger partial charge is 0.421 e. The van der Waals surface area contributed by atoms with E-state index in [4.69, 9.17) is 4.74 Å². The van der Waals surface area contributed by atoms with Gasteiger partial charge >= 0.3 is 5.97 Å². The van der Waals surface area contributed by atoms with Crippen LogP contribution in [-0.4, -0.2) is 30.5 Å². The van der Waals surface area contributed by atoms with E-state index in [-0.39, 0.29) is 17.9 Å². The number of esters is 1. The second-order valence-corrected chi connectivity index (χ2v) is 9.59. The summed E-state index contributed by atoms with van der Waals surface area (Å²) in [7, 11) is 0. The van der Waals surface area contributed by atoms with Gasteiger partial charge in [0.25, 0.3) is 11.8 Å². The summed E-state index contributed by atoms with van der Waals surface area (Å²) in [5.41, 5.74) is 3.18. The summed E-state index contributed by atoms with van der Waals surface area (Å²) >= 11 is 8.78. The number of hydrogen-bond acceptors (Lipinski definition) is 5. The molecule has 0 heterocycles. The molecular formula is C23H15Br2FIN3O4. The Morgan fingerprint density at radius 3 is 2.56 bits per heavy atom. The van der Waals surface area contributed by atoms with Crippen LogP contribution in [0, 0.1) is 9.39 Å². The minimum Gasteiger partial charge on any atom is -0.421 e. The number of benzene rings is 3. The van der Waals surface area contributed by atoms with E-state index in [1.54, 1.807) is 30.3 Å². The number of halogens is 4. The summed E-state index contributed by atoms with van der Waals surface area (Å²) in [6, 6.07) is 15.5. The molecule has 0 spiro atoms. The smallest absolute Gasteiger partial charge is 0.344 e. The van der Waals surface area contributed by atoms with Crippen LogP contribution in [0.15, 0.2) is 74.7 Å². The summed E-state index contributed by atoms with van der Waals surface area (Å²) in [6.07, 6.45) is 1.31. The molecule has 7 nitrogen and oxygen atoms in total. The molecule has 3 aromatic carbocycles. The first-order chi connectivity index (χ1) is 16.2. The van der Waals surface area contributed by atoms with Crippen LogP contribution in [0.4, 0.5) is 4.39 Å². The van der Waals surface area contributed by atoms with E-state index in [0.717, 1.165) is 9.64 Å². The third-order valence-electron chi connectivity index (χ3n) is 4.21. The molecule has 0 atom stereocenters. The lowest BCUT2D eigenvalue weighted by molar-refractivity contribution is -0.120. The highest BCUT2D eigenvalue weighted by Crippen LogP contribution is 2.33. The summed E-state index contributed by atoms with van der Waals surface area (Å²) in [5.74, 6) is -2.09. The predicted octanol–water partition coefficient (Wildman–Crippen LogP) is 5.05. The Kier molecular flexibility index (Phi) is 9.30. The van der Waals surface area contributed by atoms with Gasteiger partial charge in [0.1, 0.15) is 5.82 Å². The van der Waals surface area contributed by atoms with Crippen molar-refractivity contribution in [1.29, 1.82) is 0 Å². The van der Waals surface area contributed by atoms with Crippen LogP contribution in [0.25, 0.3) is 0 Å². The Morgan fingerprint density at radius 1 is 1.06 bits per heavy atom. The van der Waals surface area contributed by atoms with Crippen LogP contribution >= 0.6 is 54.5 Å². The minimum atomic E-state index is -0.604. The number of carbonyl (C=O) groups excluding carboxylic acids is 3. The molecule has 0 fully saturated rings. The number of hydrogen-bond donors (Lipinski definition) is 2. The molecule has 0 bridgehead atoms. The van der Waals surface area contributed by atoms with Gasteiger partial charge in [0.05, 0.1) is 22.8 Å². The second-order valence-electron chi connectivity index (χ2n) is 6.66. The number of carbonyl (C=O) groups is 3. The summed E-state index contributed by atoms with van der Waals surface area (Å²) < 4.78 is 20.7. The lowest BCUT2D eigenvalue weighted by Gasteiger charge is -2.11. The van der Waals surface area contributed by atoms with Crippen LogP contribution in [0.2, 0.25) is 0 Å². The molecule has 0 saturated heterocycles. The van der Waals surface area contributed by atoms with Crippen LogP contribution in [0.5, 0.6) is 5.75 Å². The van der Waals surface area contributed by atoms with Crippen LogP contribution in [-0.2, 0) is 4.79 Å². The minimum absolute atomic E-state index is 0.0924. The fourth-order valence-electron chi connectivity index (χ4n) is 2.66. The monoisotopic (exact) mass is 701 g/mol. The van der Waals surface area contributed by atoms with Gasteiger partial charge in [-0.25, -0.2) is 14.6 Å². The van der Waals surface area contributed by atoms with E-state index in [2.05, 4.69) is 47.7 Å². The third-order valence-corrected chi connectivity index (χ3v) is 6.20. The molecule has 0 saturated carbocycles. The van der Waals surface area contributed by atoms with Gasteiger partial charge in [-0.2, -0.15) is 5.10 Å². The van der Waals surface area contributed by atoms with Gasteiger partial charge in [-0.05, 0) is 81.0 Å². The molecule has 174 valence electrons. The van der Waals surface area contributed by atoms with Gasteiger partial charge in [0.15, 0.2) is 5.75 Å². The Labute approximate surface area is 224 Å². The number of nitrogens with zero attached hydrogens (tertiary/aromatic N) is 1. The zero-order valence-corrected chi connectivity index (χ0v) is 22.5. The van der Waals surface area contributed by atoms with Gasteiger partial charge in [0, 0.05) is 19.2 Å². The number of ether oxygens (including phenoxy) is 1. The molecule has 34 heavy (non-hydrogen) atoms. The molecule has 0 unspecified atom stereocenters. The van der Waals surface area contributed by atoms with Gasteiger partial charge in [0.2, 0.25) is 0 Å². The maximum absolute atomic E-state index is 13.2. The SMILES string of the molecule is O=C(CNC(=O)c1cccc(F)c1)N/N=C/c1cc(Br)cc(Br)c1OC(=O)c1ccccc1I. The van der Waals surface area contributed by atoms with E-state index in [1.807, 2.05) is 28.7 Å². The molecule has 2 N–H and O–H groups in total. The van der Waals surface area contributed by atoms with Crippen molar-refractivity contribution in [2.75, 3.05) is 6.54 Å². The van der Waals surface area contributed by atoms with Crippen molar-refractivity contribution >= 4 is 78.4 Å². The Bertz CT molecular complexity index is 1290. The standard InChI is InChI=1S/C23H15Br2FIN3O4/c24-15-8-14(21(18(25)10-15)34-23(33)17-6-1-2-7-19(17)27)11-29-30-20(31)12-28-22(32)13-4-3-5-16(26)9-13/h1-11H,12H2,(H,28,32)(H,30,31)/b29-11+. The summed E-state index contributed by atoms with van der Waals surface area (Å²) in [4.78, 5) is 36.7. The molecule has 3 rings (SSSR count). The fourth-order valence-corrected chi connectivity index (χ4v) is 4.61. The molecule has 11 heteroatoms. The Balaban J connectivity index is 1.66. The first kappa shape index (κ1) is 26.0. The average Bonchev–Trinajstić information content (AvgIpc) is 2.79. The first-order valence-corrected chi connectivity index (χ1v) is 12.2. The molecule has 0 aliphatic carbocycles. The zero-order valence-electron chi connectivity index (χ0n) is 17.2. The maximum atomic E-state index is 13.2. The maximum Gasteiger partial charge on any atom is 0.344 e. The number of hydrazone groups is 1. The highest BCUT2D eigenvalue weighted by molar-refractivity contribution is 14.1. The topological polar surface area (TPSA) is 96.9 Å². The molecule has 0 aliphatic heterocycles. The van der Waals surface area contributed by atoms with Gasteiger partial charge in [-0.15, -0.1) is 0 Å². The van der Waals surface area contributed by atoms with E-state index in [9.17, 15) is 18.8 Å². The zero-order chi connectivity index (χ0) is 24.7. The first-order valence-electron chi connectivity index (χ1n) is 9.56. The predicted molar refractivity (Wildman–Crippen MR) is 140 cm³/mol. The molecule has 0 aromatic heterocycles. The van der Waals surface area contributed by atoms with Crippen molar-refractivity contribution in [3.8, 4) is 5.75 Å². The highest BCUT2D eigenvalue weighted by Gasteiger charge is 2.17. The molecule has 3 aromatic rings. The molecule has 2 amide bonds. The van der Waals surface area contributed by atoms with Gasteiger partial charge < -0.3 is 10.1 Å². The van der Waals surface area contributed by atoms with Crippen molar-refractivity contribution in [2.45, 2.75) is 0 Å². The van der Waals surface area contributed by atoms with Crippen LogP contribution in [0.3, 0.4) is 0 Å². The van der Waals surface area contributed by atoms with Crippen LogP contribution in [0.1, 0.15) is 26.3 Å². The van der Waals surface area contributed by atoms with Gasteiger partial charge in [-0.3, -0.25) is 9.59 Å². The highest BCUT2D eigenvalue weighted by atomic mass is 127. The third kappa shape index (κ3) is 7.18. The van der Waals surface area contributed by atoms with Crippen LogP contribution < -0.4 is 15.5 Å². The fraction of sp³-hybridized carbons (Fsp3) is 0.0435. The van der Waals surface area contributed by atoms with Crippen molar-refractivity contribution in [3.05, 3.63) is 95.7 Å². The van der Waals surface area contributed by atoms with E-state index < -0.39 is 23.6 Å². The van der Waals surface area contributed by atoms with Crippen molar-refractivity contribution in [3.63, 3.8) is 0 Å². The molecular weight excluding hydrogens is 688 g/mol. The summed E-state index contributed by atoms with van der Waals surface area (Å²) in [6.45, 7) is -0.372. The Hall–Kier alpha value is -2.64. The van der Waals surface area contributed by atoms with E-state index in [1.165, 1.54) is 24.4 Å². The normalized spacial score (nSPS) is 10.7. The quantitative estimate of drug-likeness (QED) is 0.118. The van der Waals surface area contributed by atoms with Crippen molar-refractivity contribution in [1.82, 2.24) is 10.7 Å². The number of rotatable bonds is 7. The number of nitrogens with one attached hydrogen (secondary N) is 2. The molecule has 0 aliphatic rings. The van der Waals surface area contributed by atoms with Crippen molar-refractivity contribution < 1.29 is 23.5 Å².